The zero-order valence-corrected chi connectivity index (χ0v) is 10.2. The molecule has 86 valence electrons. The van der Waals surface area contributed by atoms with E-state index in [1.807, 2.05) is 32.9 Å². The SMILES string of the molecule is Cc1ccc2cc(C(O)C(C)C)oc2c1C. The maximum atomic E-state index is 9.97. The third-order valence-corrected chi connectivity index (χ3v) is 3.15. The summed E-state index contributed by atoms with van der Waals surface area (Å²) in [5, 5.41) is 11.0. The van der Waals surface area contributed by atoms with E-state index >= 15 is 0 Å². The molecule has 0 aliphatic carbocycles. The van der Waals surface area contributed by atoms with E-state index in [4.69, 9.17) is 4.42 Å². The molecule has 16 heavy (non-hydrogen) atoms. The van der Waals surface area contributed by atoms with Gasteiger partial charge in [-0.3, -0.25) is 0 Å². The molecule has 0 radical (unpaired) electrons. The lowest BCUT2D eigenvalue weighted by Crippen LogP contribution is -2.03. The van der Waals surface area contributed by atoms with E-state index in [2.05, 4.69) is 13.0 Å². The lowest BCUT2D eigenvalue weighted by Gasteiger charge is -2.10. The lowest BCUT2D eigenvalue weighted by atomic mass is 10.0. The maximum Gasteiger partial charge on any atom is 0.137 e. The molecule has 1 N–H and O–H groups in total. The topological polar surface area (TPSA) is 33.4 Å². The van der Waals surface area contributed by atoms with Gasteiger partial charge in [0.25, 0.3) is 0 Å². The minimum absolute atomic E-state index is 0.168. The molecular weight excluding hydrogens is 200 g/mol. The molecule has 0 spiro atoms. The van der Waals surface area contributed by atoms with Gasteiger partial charge in [0.15, 0.2) is 0 Å². The molecule has 0 bridgehead atoms. The fourth-order valence-electron chi connectivity index (χ4n) is 1.84. The summed E-state index contributed by atoms with van der Waals surface area (Å²) in [5.41, 5.74) is 3.27. The standard InChI is InChI=1S/C14H18O2/c1-8(2)13(15)12-7-11-6-5-9(3)10(4)14(11)16-12/h5-8,13,15H,1-4H3. The fourth-order valence-corrected chi connectivity index (χ4v) is 1.84. The summed E-state index contributed by atoms with van der Waals surface area (Å²) in [7, 11) is 0. The van der Waals surface area contributed by atoms with Crippen molar-refractivity contribution in [2.75, 3.05) is 0 Å². The minimum atomic E-state index is -0.521. The Hall–Kier alpha value is -1.28. The highest BCUT2D eigenvalue weighted by atomic mass is 16.4. The molecule has 0 amide bonds. The first-order valence-corrected chi connectivity index (χ1v) is 5.68. The zero-order chi connectivity index (χ0) is 11.9. The molecule has 0 aliphatic heterocycles. The van der Waals surface area contributed by atoms with Crippen LogP contribution >= 0.6 is 0 Å². The predicted octanol–water partition coefficient (Wildman–Crippen LogP) is 3.74. The van der Waals surface area contributed by atoms with Crippen LogP contribution in [0.3, 0.4) is 0 Å². The molecule has 0 saturated carbocycles. The van der Waals surface area contributed by atoms with Crippen molar-refractivity contribution >= 4 is 11.0 Å². The third kappa shape index (κ3) is 1.74. The van der Waals surface area contributed by atoms with E-state index in [1.54, 1.807) is 0 Å². The van der Waals surface area contributed by atoms with Gasteiger partial charge in [0, 0.05) is 5.39 Å². The van der Waals surface area contributed by atoms with Crippen LogP contribution in [-0.4, -0.2) is 5.11 Å². The van der Waals surface area contributed by atoms with Crippen molar-refractivity contribution < 1.29 is 9.52 Å². The first-order chi connectivity index (χ1) is 7.50. The molecule has 1 unspecified atom stereocenters. The van der Waals surface area contributed by atoms with Gasteiger partial charge in [0.2, 0.25) is 0 Å². The Balaban J connectivity index is 2.56. The second-order valence-electron chi connectivity index (χ2n) is 4.76. The van der Waals surface area contributed by atoms with E-state index < -0.39 is 6.10 Å². The summed E-state index contributed by atoms with van der Waals surface area (Å²) in [4.78, 5) is 0. The quantitative estimate of drug-likeness (QED) is 0.833. The maximum absolute atomic E-state index is 9.97. The molecule has 1 heterocycles. The van der Waals surface area contributed by atoms with E-state index in [9.17, 15) is 5.11 Å². The Morgan fingerprint density at radius 2 is 1.88 bits per heavy atom. The van der Waals surface area contributed by atoms with Gasteiger partial charge < -0.3 is 9.52 Å². The number of hydrogen-bond donors (Lipinski definition) is 1. The van der Waals surface area contributed by atoms with Crippen LogP contribution in [-0.2, 0) is 0 Å². The van der Waals surface area contributed by atoms with Gasteiger partial charge in [-0.25, -0.2) is 0 Å². The molecule has 2 heteroatoms. The summed E-state index contributed by atoms with van der Waals surface area (Å²) in [6.45, 7) is 8.08. The Labute approximate surface area is 95.9 Å². The first-order valence-electron chi connectivity index (χ1n) is 5.68. The highest BCUT2D eigenvalue weighted by Crippen LogP contribution is 2.30. The second kappa shape index (κ2) is 3.95. The van der Waals surface area contributed by atoms with Gasteiger partial charge in [0.1, 0.15) is 17.4 Å². The highest BCUT2D eigenvalue weighted by molar-refractivity contribution is 5.82. The normalized spacial score (nSPS) is 13.6. The monoisotopic (exact) mass is 218 g/mol. The van der Waals surface area contributed by atoms with Crippen LogP contribution in [0, 0.1) is 19.8 Å². The summed E-state index contributed by atoms with van der Waals surface area (Å²) in [5.74, 6) is 0.834. The second-order valence-corrected chi connectivity index (χ2v) is 4.76. The van der Waals surface area contributed by atoms with E-state index in [0.717, 1.165) is 16.5 Å². The highest BCUT2D eigenvalue weighted by Gasteiger charge is 2.17. The van der Waals surface area contributed by atoms with Gasteiger partial charge >= 0.3 is 0 Å². The van der Waals surface area contributed by atoms with Gasteiger partial charge in [-0.15, -0.1) is 0 Å². The molecule has 2 nitrogen and oxygen atoms in total. The lowest BCUT2D eigenvalue weighted by molar-refractivity contribution is 0.104. The number of aliphatic hydroxyl groups excluding tert-OH is 1. The first kappa shape index (κ1) is 11.2. The number of furan rings is 1. The largest absolute Gasteiger partial charge is 0.458 e. The van der Waals surface area contributed by atoms with Gasteiger partial charge in [-0.1, -0.05) is 26.0 Å². The predicted molar refractivity (Wildman–Crippen MR) is 65.5 cm³/mol. The van der Waals surface area contributed by atoms with Crippen molar-refractivity contribution in [3.8, 4) is 0 Å². The van der Waals surface area contributed by atoms with E-state index in [0.29, 0.717) is 5.76 Å². The van der Waals surface area contributed by atoms with E-state index in [1.165, 1.54) is 5.56 Å². The smallest absolute Gasteiger partial charge is 0.137 e. The number of rotatable bonds is 2. The molecule has 2 aromatic rings. The molecule has 0 fully saturated rings. The number of hydrogen-bond acceptors (Lipinski definition) is 2. The average molecular weight is 218 g/mol. The molecule has 0 aliphatic rings. The third-order valence-electron chi connectivity index (χ3n) is 3.15. The molecule has 1 aromatic carbocycles. The van der Waals surface area contributed by atoms with Gasteiger partial charge in [0.05, 0.1) is 0 Å². The Morgan fingerprint density at radius 3 is 2.50 bits per heavy atom. The molecule has 2 rings (SSSR count). The summed E-state index contributed by atoms with van der Waals surface area (Å²) < 4.78 is 5.75. The number of fused-ring (bicyclic) bond motifs is 1. The Bertz CT molecular complexity index is 509. The summed E-state index contributed by atoms with van der Waals surface area (Å²) in [6, 6.07) is 6.06. The van der Waals surface area contributed by atoms with E-state index in [-0.39, 0.29) is 5.92 Å². The molecule has 0 saturated heterocycles. The van der Waals surface area contributed by atoms with Crippen molar-refractivity contribution in [2.24, 2.45) is 5.92 Å². The van der Waals surface area contributed by atoms with Crippen molar-refractivity contribution in [3.05, 3.63) is 35.1 Å². The molecule has 1 aromatic heterocycles. The number of benzene rings is 1. The van der Waals surface area contributed by atoms with Crippen molar-refractivity contribution in [2.45, 2.75) is 33.8 Å². The summed E-state index contributed by atoms with van der Waals surface area (Å²) in [6.07, 6.45) is -0.521. The number of aliphatic hydroxyl groups is 1. The number of aryl methyl sites for hydroxylation is 2. The average Bonchev–Trinajstić information content (AvgIpc) is 2.67. The Kier molecular flexibility index (Phi) is 2.76. The van der Waals surface area contributed by atoms with Crippen LogP contribution in [0.1, 0.15) is 36.8 Å². The van der Waals surface area contributed by atoms with Crippen LogP contribution in [0.4, 0.5) is 0 Å². The molecule has 1 atom stereocenters. The van der Waals surface area contributed by atoms with Crippen LogP contribution in [0.15, 0.2) is 22.6 Å². The zero-order valence-electron chi connectivity index (χ0n) is 10.2. The van der Waals surface area contributed by atoms with Gasteiger partial charge in [-0.2, -0.15) is 0 Å². The minimum Gasteiger partial charge on any atom is -0.458 e. The fraction of sp³-hybridized carbons (Fsp3) is 0.429. The Morgan fingerprint density at radius 1 is 1.19 bits per heavy atom. The van der Waals surface area contributed by atoms with Crippen LogP contribution in [0.2, 0.25) is 0 Å². The van der Waals surface area contributed by atoms with Crippen molar-refractivity contribution in [3.63, 3.8) is 0 Å². The summed E-state index contributed by atoms with van der Waals surface area (Å²) >= 11 is 0. The van der Waals surface area contributed by atoms with Crippen molar-refractivity contribution in [1.29, 1.82) is 0 Å². The van der Waals surface area contributed by atoms with Crippen LogP contribution in [0.5, 0.6) is 0 Å². The molecular formula is C14H18O2. The van der Waals surface area contributed by atoms with Crippen LogP contribution < -0.4 is 0 Å². The van der Waals surface area contributed by atoms with Crippen LogP contribution in [0.25, 0.3) is 11.0 Å². The van der Waals surface area contributed by atoms with Crippen molar-refractivity contribution in [1.82, 2.24) is 0 Å². The van der Waals surface area contributed by atoms with Gasteiger partial charge in [-0.05, 0) is 37.0 Å².